The fourth-order valence-electron chi connectivity index (χ4n) is 2.34. The van der Waals surface area contributed by atoms with Crippen molar-refractivity contribution in [1.29, 1.82) is 0 Å². The molecule has 1 saturated heterocycles. The second kappa shape index (κ2) is 6.41. The van der Waals surface area contributed by atoms with Gasteiger partial charge >= 0.3 is 0 Å². The van der Waals surface area contributed by atoms with Crippen molar-refractivity contribution in [2.75, 3.05) is 19.7 Å². The van der Waals surface area contributed by atoms with Crippen molar-refractivity contribution in [2.24, 2.45) is 0 Å². The predicted molar refractivity (Wildman–Crippen MR) is 74.4 cm³/mol. The number of likely N-dealkylation sites (tertiary alicyclic amines) is 1. The van der Waals surface area contributed by atoms with Gasteiger partial charge in [-0.25, -0.2) is 0 Å². The minimum Gasteiger partial charge on any atom is -0.492 e. The molecule has 94 valence electrons. The van der Waals surface area contributed by atoms with E-state index in [1.807, 2.05) is 13.0 Å². The summed E-state index contributed by atoms with van der Waals surface area (Å²) in [5, 5.41) is 0. The first-order valence-electron chi connectivity index (χ1n) is 6.44. The molecule has 0 bridgehead atoms. The van der Waals surface area contributed by atoms with Crippen molar-refractivity contribution >= 4 is 15.9 Å². The van der Waals surface area contributed by atoms with Gasteiger partial charge in [0.2, 0.25) is 0 Å². The molecule has 0 aromatic heterocycles. The maximum absolute atomic E-state index is 5.74. The molecule has 0 amide bonds. The van der Waals surface area contributed by atoms with Gasteiger partial charge in [0.1, 0.15) is 5.75 Å². The minimum atomic E-state index is 0.718. The van der Waals surface area contributed by atoms with Crippen molar-refractivity contribution in [3.8, 4) is 5.75 Å². The molecule has 0 spiro atoms. The van der Waals surface area contributed by atoms with Gasteiger partial charge in [-0.15, -0.1) is 0 Å². The lowest BCUT2D eigenvalue weighted by atomic mass is 10.1. The van der Waals surface area contributed by atoms with Crippen LogP contribution in [0, 0.1) is 0 Å². The number of hydrogen-bond acceptors (Lipinski definition) is 2. The molecule has 0 radical (unpaired) electrons. The van der Waals surface area contributed by atoms with E-state index in [4.69, 9.17) is 4.74 Å². The van der Waals surface area contributed by atoms with E-state index in [2.05, 4.69) is 33.0 Å². The number of hydrogen-bond donors (Lipinski definition) is 0. The van der Waals surface area contributed by atoms with Crippen molar-refractivity contribution < 1.29 is 4.74 Å². The topological polar surface area (TPSA) is 12.5 Å². The van der Waals surface area contributed by atoms with Gasteiger partial charge < -0.3 is 4.74 Å². The third-order valence-corrected chi connectivity index (χ3v) is 3.80. The van der Waals surface area contributed by atoms with E-state index in [1.165, 1.54) is 37.9 Å². The molecule has 0 atom stereocenters. The molecule has 0 saturated carbocycles. The summed E-state index contributed by atoms with van der Waals surface area (Å²) in [6, 6.07) is 6.31. The molecule has 1 aromatic carbocycles. The third kappa shape index (κ3) is 3.46. The first kappa shape index (κ1) is 12.9. The smallest absolute Gasteiger partial charge is 0.137 e. The summed E-state index contributed by atoms with van der Waals surface area (Å²) in [4.78, 5) is 2.52. The Kier molecular flexibility index (Phi) is 4.86. The van der Waals surface area contributed by atoms with Crippen molar-refractivity contribution in [1.82, 2.24) is 4.90 Å². The largest absolute Gasteiger partial charge is 0.492 e. The lowest BCUT2D eigenvalue weighted by Gasteiger charge is -2.27. The maximum atomic E-state index is 5.74. The van der Waals surface area contributed by atoms with Crippen molar-refractivity contribution in [3.63, 3.8) is 0 Å². The molecular weight excluding hydrogens is 278 g/mol. The summed E-state index contributed by atoms with van der Waals surface area (Å²) < 4.78 is 6.80. The Bertz CT molecular complexity index is 361. The van der Waals surface area contributed by atoms with Crippen LogP contribution in [0.1, 0.15) is 31.7 Å². The molecule has 1 aliphatic rings. The van der Waals surface area contributed by atoms with E-state index < -0.39 is 0 Å². The van der Waals surface area contributed by atoms with Crippen LogP contribution < -0.4 is 4.74 Å². The Hall–Kier alpha value is -0.540. The molecule has 2 rings (SSSR count). The first-order chi connectivity index (χ1) is 8.31. The molecule has 1 aromatic rings. The average molecular weight is 298 g/mol. The Labute approximate surface area is 112 Å². The molecule has 1 fully saturated rings. The van der Waals surface area contributed by atoms with E-state index in [0.717, 1.165) is 23.4 Å². The highest BCUT2D eigenvalue weighted by Gasteiger charge is 2.14. The number of halogens is 1. The fourth-order valence-corrected chi connectivity index (χ4v) is 2.86. The molecule has 17 heavy (non-hydrogen) atoms. The molecule has 0 unspecified atom stereocenters. The predicted octanol–water partition coefficient (Wildman–Crippen LogP) is 3.83. The van der Waals surface area contributed by atoms with Crippen LogP contribution in [0.15, 0.2) is 22.7 Å². The van der Waals surface area contributed by atoms with Gasteiger partial charge in [0.25, 0.3) is 0 Å². The van der Waals surface area contributed by atoms with E-state index in [0.29, 0.717) is 0 Å². The summed E-state index contributed by atoms with van der Waals surface area (Å²) in [5.41, 5.74) is 1.29. The molecule has 1 aliphatic heterocycles. The SMILES string of the molecule is CCOc1c(Br)cccc1CN1CCCCC1. The Morgan fingerprint density at radius 3 is 2.71 bits per heavy atom. The van der Waals surface area contributed by atoms with Crippen molar-refractivity contribution in [2.45, 2.75) is 32.7 Å². The number of ether oxygens (including phenoxy) is 1. The molecule has 2 nitrogen and oxygen atoms in total. The van der Waals surface area contributed by atoms with Gasteiger partial charge in [-0.1, -0.05) is 18.6 Å². The molecular formula is C14H20BrNO. The standard InChI is InChI=1S/C14H20BrNO/c1-2-17-14-12(7-6-8-13(14)15)11-16-9-4-3-5-10-16/h6-8H,2-5,9-11H2,1H3. The number of rotatable bonds is 4. The Morgan fingerprint density at radius 1 is 1.24 bits per heavy atom. The number of piperidine rings is 1. The maximum Gasteiger partial charge on any atom is 0.137 e. The molecule has 3 heteroatoms. The van der Waals surface area contributed by atoms with Gasteiger partial charge in [-0.2, -0.15) is 0 Å². The van der Waals surface area contributed by atoms with Crippen LogP contribution in [0.2, 0.25) is 0 Å². The van der Waals surface area contributed by atoms with Gasteiger partial charge in [0, 0.05) is 12.1 Å². The zero-order valence-electron chi connectivity index (χ0n) is 10.4. The van der Waals surface area contributed by atoms with Gasteiger partial charge in [-0.05, 0) is 54.9 Å². The van der Waals surface area contributed by atoms with Crippen LogP contribution in [0.3, 0.4) is 0 Å². The fraction of sp³-hybridized carbons (Fsp3) is 0.571. The van der Waals surface area contributed by atoms with Crippen LogP contribution in [0.25, 0.3) is 0 Å². The lowest BCUT2D eigenvalue weighted by Crippen LogP contribution is -2.29. The number of benzene rings is 1. The highest BCUT2D eigenvalue weighted by atomic mass is 79.9. The van der Waals surface area contributed by atoms with E-state index in [1.54, 1.807) is 0 Å². The molecule has 0 aliphatic carbocycles. The van der Waals surface area contributed by atoms with Crippen LogP contribution in [-0.4, -0.2) is 24.6 Å². The summed E-state index contributed by atoms with van der Waals surface area (Å²) >= 11 is 3.57. The molecule has 1 heterocycles. The van der Waals surface area contributed by atoms with Crippen LogP contribution in [0.5, 0.6) is 5.75 Å². The quantitative estimate of drug-likeness (QED) is 0.837. The van der Waals surface area contributed by atoms with E-state index in [-0.39, 0.29) is 0 Å². The normalized spacial score (nSPS) is 17.1. The third-order valence-electron chi connectivity index (χ3n) is 3.18. The van der Waals surface area contributed by atoms with Crippen LogP contribution in [-0.2, 0) is 6.54 Å². The van der Waals surface area contributed by atoms with Gasteiger partial charge in [0.05, 0.1) is 11.1 Å². The minimum absolute atomic E-state index is 0.718. The van der Waals surface area contributed by atoms with E-state index >= 15 is 0 Å². The summed E-state index contributed by atoms with van der Waals surface area (Å²) in [6.07, 6.45) is 4.04. The zero-order valence-corrected chi connectivity index (χ0v) is 12.0. The van der Waals surface area contributed by atoms with Crippen molar-refractivity contribution in [3.05, 3.63) is 28.2 Å². The highest BCUT2D eigenvalue weighted by Crippen LogP contribution is 2.30. The number of para-hydroxylation sites is 1. The second-order valence-corrected chi connectivity index (χ2v) is 5.35. The Morgan fingerprint density at radius 2 is 2.00 bits per heavy atom. The molecule has 0 N–H and O–H groups in total. The summed E-state index contributed by atoms with van der Waals surface area (Å²) in [5.74, 6) is 1.01. The van der Waals surface area contributed by atoms with E-state index in [9.17, 15) is 0 Å². The summed E-state index contributed by atoms with van der Waals surface area (Å²) in [7, 11) is 0. The summed E-state index contributed by atoms with van der Waals surface area (Å²) in [6.45, 7) is 6.20. The monoisotopic (exact) mass is 297 g/mol. The van der Waals surface area contributed by atoms with Crippen LogP contribution in [0.4, 0.5) is 0 Å². The van der Waals surface area contributed by atoms with Gasteiger partial charge in [0.15, 0.2) is 0 Å². The number of nitrogens with zero attached hydrogens (tertiary/aromatic N) is 1. The van der Waals surface area contributed by atoms with Gasteiger partial charge in [-0.3, -0.25) is 4.90 Å². The Balaban J connectivity index is 2.10. The zero-order chi connectivity index (χ0) is 12.1. The highest BCUT2D eigenvalue weighted by molar-refractivity contribution is 9.10. The first-order valence-corrected chi connectivity index (χ1v) is 7.23. The second-order valence-electron chi connectivity index (χ2n) is 4.50. The lowest BCUT2D eigenvalue weighted by molar-refractivity contribution is 0.216. The van der Waals surface area contributed by atoms with Crippen LogP contribution >= 0.6 is 15.9 Å². The average Bonchev–Trinajstić information content (AvgIpc) is 2.35.